The van der Waals surface area contributed by atoms with Gasteiger partial charge in [0.1, 0.15) is 0 Å². The van der Waals surface area contributed by atoms with E-state index in [0.717, 1.165) is 23.5 Å². The van der Waals surface area contributed by atoms with Gasteiger partial charge in [0.15, 0.2) is 0 Å². The smallest absolute Gasteiger partial charge is 0.00274 e. The van der Waals surface area contributed by atoms with Gasteiger partial charge in [-0.25, -0.2) is 0 Å². The molecule has 0 spiro atoms. The van der Waals surface area contributed by atoms with Gasteiger partial charge in [-0.05, 0) is 31.0 Å². The quantitative estimate of drug-likeness (QED) is 0.651. The number of hydrogen-bond donors (Lipinski definition) is 1. The van der Waals surface area contributed by atoms with Crippen molar-refractivity contribution < 1.29 is 0 Å². The predicted molar refractivity (Wildman–Crippen MR) is 69.2 cm³/mol. The van der Waals surface area contributed by atoms with Crippen molar-refractivity contribution >= 4 is 0 Å². The normalized spacial score (nSPS) is 9.57. The van der Waals surface area contributed by atoms with Gasteiger partial charge in [0.25, 0.3) is 0 Å². The molecule has 0 saturated heterocycles. The molecule has 1 nitrogen and oxygen atoms in total. The molecule has 0 heterocycles. The van der Waals surface area contributed by atoms with Crippen molar-refractivity contribution in [3.05, 3.63) is 23.9 Å². The van der Waals surface area contributed by atoms with E-state index in [1.54, 1.807) is 6.20 Å². The lowest BCUT2D eigenvalue weighted by Crippen LogP contribution is -1.87. The maximum absolute atomic E-state index is 5.26. The van der Waals surface area contributed by atoms with Gasteiger partial charge >= 0.3 is 0 Å². The second kappa shape index (κ2) is 14.8. The lowest BCUT2D eigenvalue weighted by Gasteiger charge is -1.98. The van der Waals surface area contributed by atoms with Gasteiger partial charge in [0.05, 0.1) is 0 Å². The Balaban J connectivity index is -0.000000170. The Morgan fingerprint density at radius 2 is 1.57 bits per heavy atom. The van der Waals surface area contributed by atoms with Gasteiger partial charge in [0, 0.05) is 0 Å². The molecule has 0 bridgehead atoms. The minimum absolute atomic E-state index is 0.833. The summed E-state index contributed by atoms with van der Waals surface area (Å²) in [6, 6.07) is 0. The summed E-state index contributed by atoms with van der Waals surface area (Å²) in [5.74, 6) is 0.833. The molecule has 14 heavy (non-hydrogen) atoms. The molecule has 0 aliphatic carbocycles. The Kier molecular flexibility index (Phi) is 20.0. The zero-order valence-electron chi connectivity index (χ0n) is 11.1. The summed E-state index contributed by atoms with van der Waals surface area (Å²) < 4.78 is 0. The molecular weight excluding hydrogens is 170 g/mol. The average molecular weight is 199 g/mol. The molecule has 1 heteroatoms. The molecule has 0 aliphatic heterocycles. The van der Waals surface area contributed by atoms with Crippen LogP contribution in [0.15, 0.2) is 23.9 Å². The highest BCUT2D eigenvalue weighted by molar-refractivity contribution is 5.24. The standard InChI is InChI=1S/C7H13N.C4H10.C2H6/c1-4-7(5-8)6(2)3;1-4(2)3;1-2/h5H,2,4,8H2,1,3H3;4H,1-3H3;1-2H3/b7-5-;;. The Bertz CT molecular complexity index is 141. The van der Waals surface area contributed by atoms with Crippen LogP contribution >= 0.6 is 0 Å². The topological polar surface area (TPSA) is 26.0 Å². The van der Waals surface area contributed by atoms with Crippen molar-refractivity contribution in [2.24, 2.45) is 11.7 Å². The van der Waals surface area contributed by atoms with Crippen LogP contribution in [0.5, 0.6) is 0 Å². The molecule has 0 aromatic rings. The van der Waals surface area contributed by atoms with E-state index in [0.29, 0.717) is 0 Å². The summed E-state index contributed by atoms with van der Waals surface area (Å²) >= 11 is 0. The molecule has 0 amide bonds. The monoisotopic (exact) mass is 199 g/mol. The van der Waals surface area contributed by atoms with E-state index in [4.69, 9.17) is 5.73 Å². The van der Waals surface area contributed by atoms with E-state index in [2.05, 4.69) is 34.3 Å². The van der Waals surface area contributed by atoms with E-state index >= 15 is 0 Å². The highest BCUT2D eigenvalue weighted by atomic mass is 14.5. The maximum Gasteiger partial charge on any atom is -0.00274 e. The van der Waals surface area contributed by atoms with E-state index in [-0.39, 0.29) is 0 Å². The van der Waals surface area contributed by atoms with E-state index in [9.17, 15) is 0 Å². The van der Waals surface area contributed by atoms with Gasteiger partial charge in [-0.15, -0.1) is 0 Å². The number of rotatable bonds is 2. The van der Waals surface area contributed by atoms with Crippen LogP contribution in [0.3, 0.4) is 0 Å². The van der Waals surface area contributed by atoms with E-state index in [1.807, 2.05) is 20.8 Å². The number of nitrogens with two attached hydrogens (primary N) is 1. The largest absolute Gasteiger partial charge is 0.404 e. The molecule has 2 N–H and O–H groups in total. The second-order valence-corrected chi connectivity index (χ2v) is 3.56. The Hall–Kier alpha value is -0.720. The zero-order chi connectivity index (χ0) is 12.1. The molecule has 0 atom stereocenters. The first kappa shape index (κ1) is 18.9. The molecule has 0 aromatic carbocycles. The first-order valence-corrected chi connectivity index (χ1v) is 5.52. The number of allylic oxidation sites excluding steroid dienone is 2. The Morgan fingerprint density at radius 3 is 1.57 bits per heavy atom. The minimum Gasteiger partial charge on any atom is -0.404 e. The van der Waals surface area contributed by atoms with Crippen molar-refractivity contribution in [1.29, 1.82) is 0 Å². The summed E-state index contributed by atoms with van der Waals surface area (Å²) in [4.78, 5) is 0. The van der Waals surface area contributed by atoms with Gasteiger partial charge in [0.2, 0.25) is 0 Å². The van der Waals surface area contributed by atoms with Crippen LogP contribution in [0, 0.1) is 5.92 Å². The van der Waals surface area contributed by atoms with E-state index < -0.39 is 0 Å². The third-order valence-electron chi connectivity index (χ3n) is 1.13. The third kappa shape index (κ3) is 22.5. The van der Waals surface area contributed by atoms with Crippen LogP contribution in [-0.4, -0.2) is 0 Å². The van der Waals surface area contributed by atoms with Crippen molar-refractivity contribution in [3.63, 3.8) is 0 Å². The molecular formula is C13H29N. The highest BCUT2D eigenvalue weighted by Crippen LogP contribution is 2.07. The van der Waals surface area contributed by atoms with Crippen LogP contribution in [0.2, 0.25) is 0 Å². The van der Waals surface area contributed by atoms with Gasteiger partial charge < -0.3 is 5.73 Å². The van der Waals surface area contributed by atoms with Crippen LogP contribution in [0.25, 0.3) is 0 Å². The van der Waals surface area contributed by atoms with Crippen LogP contribution in [-0.2, 0) is 0 Å². The summed E-state index contributed by atoms with van der Waals surface area (Å²) in [6.45, 7) is 18.3. The van der Waals surface area contributed by atoms with Crippen LogP contribution < -0.4 is 5.73 Å². The molecule has 0 unspecified atom stereocenters. The molecule has 86 valence electrons. The van der Waals surface area contributed by atoms with Crippen molar-refractivity contribution in [2.45, 2.75) is 54.9 Å². The first-order valence-electron chi connectivity index (χ1n) is 5.52. The first-order chi connectivity index (χ1) is 6.45. The van der Waals surface area contributed by atoms with Crippen LogP contribution in [0.4, 0.5) is 0 Å². The fraction of sp³-hybridized carbons (Fsp3) is 0.692. The summed E-state index contributed by atoms with van der Waals surface area (Å²) in [6.07, 6.45) is 2.59. The maximum atomic E-state index is 5.26. The van der Waals surface area contributed by atoms with Crippen LogP contribution in [0.1, 0.15) is 54.9 Å². The SMILES string of the molecule is C=C(C)/C(=C\N)CC.CC.CC(C)C. The Morgan fingerprint density at radius 1 is 1.29 bits per heavy atom. The minimum atomic E-state index is 0.833. The molecule has 0 aliphatic rings. The number of hydrogen-bond acceptors (Lipinski definition) is 1. The lowest BCUT2D eigenvalue weighted by molar-refractivity contribution is 0.737. The highest BCUT2D eigenvalue weighted by Gasteiger charge is 1.89. The van der Waals surface area contributed by atoms with Gasteiger partial charge in [-0.1, -0.05) is 53.7 Å². The fourth-order valence-electron chi connectivity index (χ4n) is 0.562. The van der Waals surface area contributed by atoms with Crippen molar-refractivity contribution in [2.75, 3.05) is 0 Å². The summed E-state index contributed by atoms with van der Waals surface area (Å²) in [7, 11) is 0. The van der Waals surface area contributed by atoms with Gasteiger partial charge in [-0.2, -0.15) is 0 Å². The third-order valence-corrected chi connectivity index (χ3v) is 1.13. The fourth-order valence-corrected chi connectivity index (χ4v) is 0.562. The average Bonchev–Trinajstić information content (AvgIpc) is 2.08. The molecule has 0 saturated carbocycles. The molecule has 0 aromatic heterocycles. The summed E-state index contributed by atoms with van der Waals surface area (Å²) in [5, 5.41) is 0. The van der Waals surface area contributed by atoms with Crippen molar-refractivity contribution in [3.8, 4) is 0 Å². The second-order valence-electron chi connectivity index (χ2n) is 3.56. The lowest BCUT2D eigenvalue weighted by atomic mass is 10.1. The van der Waals surface area contributed by atoms with Crippen molar-refractivity contribution in [1.82, 2.24) is 0 Å². The molecule has 0 rings (SSSR count). The Labute approximate surface area is 91.1 Å². The molecule has 0 fully saturated rings. The van der Waals surface area contributed by atoms with Gasteiger partial charge in [-0.3, -0.25) is 0 Å². The molecule has 0 radical (unpaired) electrons. The zero-order valence-corrected chi connectivity index (χ0v) is 11.1. The van der Waals surface area contributed by atoms with E-state index in [1.165, 1.54) is 0 Å². The summed E-state index contributed by atoms with van der Waals surface area (Å²) in [5.41, 5.74) is 7.47. The predicted octanol–water partition coefficient (Wildman–Crippen LogP) is 4.50.